The van der Waals surface area contributed by atoms with Gasteiger partial charge in [-0.3, -0.25) is 0 Å². The molecule has 0 unspecified atom stereocenters. The second kappa shape index (κ2) is 5.39. The first-order chi connectivity index (χ1) is 8.27. The molecule has 0 bridgehead atoms. The van der Waals surface area contributed by atoms with Crippen LogP contribution >= 0.6 is 0 Å². The van der Waals surface area contributed by atoms with E-state index in [2.05, 4.69) is 0 Å². The first-order valence-corrected chi connectivity index (χ1v) is 7.11. The normalized spacial score (nSPS) is 11.6. The van der Waals surface area contributed by atoms with E-state index in [9.17, 15) is 13.2 Å². The minimum absolute atomic E-state index is 0.0334. The average molecular weight is 272 g/mol. The van der Waals surface area contributed by atoms with Crippen LogP contribution in [-0.4, -0.2) is 31.9 Å². The number of ether oxygens (including phenoxy) is 1. The summed E-state index contributed by atoms with van der Waals surface area (Å²) in [6.45, 7) is 3.19. The Morgan fingerprint density at radius 2 is 2.00 bits per heavy atom. The molecule has 0 aliphatic rings. The summed E-state index contributed by atoms with van der Waals surface area (Å²) in [4.78, 5) is 11.0. The highest BCUT2D eigenvalue weighted by Crippen LogP contribution is 2.21. The lowest BCUT2D eigenvalue weighted by Gasteiger charge is -2.10. The zero-order valence-corrected chi connectivity index (χ0v) is 11.3. The molecule has 100 valence electrons. The number of carboxylic acids is 1. The van der Waals surface area contributed by atoms with Crippen LogP contribution in [0.3, 0.4) is 0 Å². The van der Waals surface area contributed by atoms with Gasteiger partial charge in [0.1, 0.15) is 11.3 Å². The van der Waals surface area contributed by atoms with Gasteiger partial charge in [0.05, 0.1) is 18.1 Å². The number of hydrogen-bond acceptors (Lipinski definition) is 4. The van der Waals surface area contributed by atoms with E-state index in [0.717, 1.165) is 0 Å². The van der Waals surface area contributed by atoms with Crippen molar-refractivity contribution < 1.29 is 23.1 Å². The molecule has 0 saturated heterocycles. The van der Waals surface area contributed by atoms with Crippen LogP contribution in [0.15, 0.2) is 18.2 Å². The van der Waals surface area contributed by atoms with E-state index in [1.54, 1.807) is 19.9 Å². The lowest BCUT2D eigenvalue weighted by molar-refractivity contribution is 0.0693. The number of carbonyl (C=O) groups is 1. The van der Waals surface area contributed by atoms with Crippen molar-refractivity contribution in [3.8, 4) is 5.75 Å². The number of benzene rings is 1. The van der Waals surface area contributed by atoms with Crippen molar-refractivity contribution in [2.45, 2.75) is 24.9 Å². The second-order valence-corrected chi connectivity index (χ2v) is 6.75. The van der Waals surface area contributed by atoms with Crippen LogP contribution in [0, 0.1) is 0 Å². The Morgan fingerprint density at radius 3 is 2.44 bits per heavy atom. The number of aromatic carboxylic acids is 1. The van der Waals surface area contributed by atoms with Crippen LogP contribution < -0.4 is 4.74 Å². The Balaban J connectivity index is 3.14. The lowest BCUT2D eigenvalue weighted by Crippen LogP contribution is -2.16. The molecule has 1 N–H and O–H groups in total. The van der Waals surface area contributed by atoms with E-state index >= 15 is 0 Å². The molecule has 6 heteroatoms. The number of hydrogen-bond donors (Lipinski definition) is 1. The van der Waals surface area contributed by atoms with Crippen LogP contribution in [0.25, 0.3) is 0 Å². The van der Waals surface area contributed by atoms with Crippen molar-refractivity contribution in [3.05, 3.63) is 29.3 Å². The van der Waals surface area contributed by atoms with Gasteiger partial charge < -0.3 is 9.84 Å². The summed E-state index contributed by atoms with van der Waals surface area (Å²) < 4.78 is 28.4. The minimum Gasteiger partial charge on any atom is -0.496 e. The summed E-state index contributed by atoms with van der Waals surface area (Å²) in [5.41, 5.74) is 0.413. The van der Waals surface area contributed by atoms with Gasteiger partial charge in [-0.25, -0.2) is 13.2 Å². The fourth-order valence-electron chi connectivity index (χ4n) is 1.41. The van der Waals surface area contributed by atoms with Gasteiger partial charge >= 0.3 is 5.97 Å². The molecule has 1 aromatic rings. The monoisotopic (exact) mass is 272 g/mol. The summed E-state index contributed by atoms with van der Waals surface area (Å²) in [5.74, 6) is -1.10. The van der Waals surface area contributed by atoms with E-state index in [1.807, 2.05) is 0 Å². The molecule has 0 radical (unpaired) electrons. The van der Waals surface area contributed by atoms with Crippen LogP contribution in [0.2, 0.25) is 0 Å². The van der Waals surface area contributed by atoms with Crippen molar-refractivity contribution in [2.24, 2.45) is 0 Å². The third-order valence-electron chi connectivity index (χ3n) is 2.58. The third-order valence-corrected chi connectivity index (χ3v) is 4.75. The molecule has 0 aliphatic carbocycles. The number of methoxy groups -OCH3 is 1. The summed E-state index contributed by atoms with van der Waals surface area (Å²) in [7, 11) is -1.88. The van der Waals surface area contributed by atoms with Crippen LogP contribution in [0.1, 0.15) is 29.8 Å². The SMILES string of the molecule is COc1ccc(CS(=O)(=O)C(C)C)cc1C(=O)O. The number of rotatable bonds is 5. The molecule has 0 spiro atoms. The molecule has 1 rings (SSSR count). The van der Waals surface area contributed by atoms with Gasteiger partial charge in [0.2, 0.25) is 0 Å². The highest BCUT2D eigenvalue weighted by Gasteiger charge is 2.19. The topological polar surface area (TPSA) is 80.7 Å². The maximum atomic E-state index is 11.8. The maximum absolute atomic E-state index is 11.8. The zero-order valence-electron chi connectivity index (χ0n) is 10.5. The van der Waals surface area contributed by atoms with E-state index in [4.69, 9.17) is 9.84 Å². The van der Waals surface area contributed by atoms with E-state index in [-0.39, 0.29) is 17.1 Å². The van der Waals surface area contributed by atoms with Crippen molar-refractivity contribution >= 4 is 15.8 Å². The van der Waals surface area contributed by atoms with Crippen molar-refractivity contribution in [2.75, 3.05) is 7.11 Å². The van der Waals surface area contributed by atoms with Crippen LogP contribution in [0.5, 0.6) is 5.75 Å². The predicted molar refractivity (Wildman–Crippen MR) is 67.7 cm³/mol. The van der Waals surface area contributed by atoms with Gasteiger partial charge in [-0.1, -0.05) is 6.07 Å². The van der Waals surface area contributed by atoms with E-state index < -0.39 is 21.1 Å². The smallest absolute Gasteiger partial charge is 0.339 e. The second-order valence-electron chi connectivity index (χ2n) is 4.20. The summed E-state index contributed by atoms with van der Waals surface area (Å²) >= 11 is 0. The van der Waals surface area contributed by atoms with Crippen molar-refractivity contribution in [1.29, 1.82) is 0 Å². The number of sulfone groups is 1. The quantitative estimate of drug-likeness (QED) is 0.882. The summed E-state index contributed by atoms with van der Waals surface area (Å²) in [6.07, 6.45) is 0. The largest absolute Gasteiger partial charge is 0.496 e. The van der Waals surface area contributed by atoms with Gasteiger partial charge in [0.25, 0.3) is 0 Å². The standard InChI is InChI=1S/C12H16O5S/c1-8(2)18(15,16)7-9-4-5-11(17-3)10(6-9)12(13)14/h4-6,8H,7H2,1-3H3,(H,13,14). The molecule has 0 amide bonds. The van der Waals surface area contributed by atoms with E-state index in [0.29, 0.717) is 5.56 Å². The molecule has 1 aromatic carbocycles. The molecule has 0 heterocycles. The summed E-state index contributed by atoms with van der Waals surface area (Å²) in [5, 5.41) is 8.51. The molecular weight excluding hydrogens is 256 g/mol. The maximum Gasteiger partial charge on any atom is 0.339 e. The van der Waals surface area contributed by atoms with E-state index in [1.165, 1.54) is 19.2 Å². The Hall–Kier alpha value is -1.56. The third kappa shape index (κ3) is 3.22. The first kappa shape index (κ1) is 14.5. The Kier molecular flexibility index (Phi) is 4.34. The highest BCUT2D eigenvalue weighted by atomic mass is 32.2. The molecule has 5 nitrogen and oxygen atoms in total. The van der Waals surface area contributed by atoms with Gasteiger partial charge in [-0.05, 0) is 31.5 Å². The predicted octanol–water partition coefficient (Wildman–Crippen LogP) is 1.72. The summed E-state index contributed by atoms with van der Waals surface area (Å²) in [6, 6.07) is 4.36. The Labute approximate surface area is 106 Å². The lowest BCUT2D eigenvalue weighted by atomic mass is 10.1. The first-order valence-electron chi connectivity index (χ1n) is 5.39. The number of carboxylic acid groups (broad SMARTS) is 1. The average Bonchev–Trinajstić information content (AvgIpc) is 2.28. The molecule has 0 atom stereocenters. The molecule has 0 saturated carbocycles. The fraction of sp³-hybridized carbons (Fsp3) is 0.417. The molecule has 0 aliphatic heterocycles. The highest BCUT2D eigenvalue weighted by molar-refractivity contribution is 7.91. The zero-order chi connectivity index (χ0) is 13.9. The molecule has 0 aromatic heterocycles. The van der Waals surface area contributed by atoms with Crippen LogP contribution in [0.4, 0.5) is 0 Å². The van der Waals surface area contributed by atoms with Gasteiger partial charge in [-0.15, -0.1) is 0 Å². The fourth-order valence-corrected chi connectivity index (χ4v) is 2.39. The van der Waals surface area contributed by atoms with Crippen molar-refractivity contribution in [1.82, 2.24) is 0 Å². The van der Waals surface area contributed by atoms with Gasteiger partial charge in [0, 0.05) is 0 Å². The Bertz CT molecular complexity index is 546. The Morgan fingerprint density at radius 1 is 1.39 bits per heavy atom. The van der Waals surface area contributed by atoms with Crippen molar-refractivity contribution in [3.63, 3.8) is 0 Å². The minimum atomic E-state index is -3.25. The molecule has 0 fully saturated rings. The van der Waals surface area contributed by atoms with Crippen LogP contribution in [-0.2, 0) is 15.6 Å². The molecular formula is C12H16O5S. The molecule has 18 heavy (non-hydrogen) atoms. The van der Waals surface area contributed by atoms with Gasteiger partial charge in [0.15, 0.2) is 9.84 Å². The van der Waals surface area contributed by atoms with Gasteiger partial charge in [-0.2, -0.15) is 0 Å².